The molecule has 0 aliphatic heterocycles. The molecule has 112 valence electrons. The Morgan fingerprint density at radius 2 is 2.10 bits per heavy atom. The number of benzene rings is 1. The van der Waals surface area contributed by atoms with E-state index in [-0.39, 0.29) is 5.41 Å². The van der Waals surface area contributed by atoms with Gasteiger partial charge in [0.25, 0.3) is 0 Å². The number of nitrogens with two attached hydrogens (primary N) is 1. The first-order valence-electron chi connectivity index (χ1n) is 7.38. The van der Waals surface area contributed by atoms with Crippen LogP contribution in [-0.2, 0) is 5.41 Å². The van der Waals surface area contributed by atoms with Crippen molar-refractivity contribution >= 4 is 23.2 Å². The van der Waals surface area contributed by atoms with E-state index in [0.29, 0.717) is 22.6 Å². The molecule has 0 heterocycles. The van der Waals surface area contributed by atoms with Crippen molar-refractivity contribution in [2.45, 2.75) is 44.1 Å². The smallest absolute Gasteiger partial charge is 0.0595 e. The predicted octanol–water partition coefficient (Wildman–Crippen LogP) is 4.08. The summed E-state index contributed by atoms with van der Waals surface area (Å²) in [7, 11) is 2.20. The van der Waals surface area contributed by atoms with E-state index in [2.05, 4.69) is 24.9 Å². The highest BCUT2D eigenvalue weighted by molar-refractivity contribution is 6.42. The summed E-state index contributed by atoms with van der Waals surface area (Å²) < 4.78 is 0. The maximum atomic E-state index is 6.20. The molecule has 0 radical (unpaired) electrons. The van der Waals surface area contributed by atoms with Crippen LogP contribution >= 0.6 is 23.2 Å². The van der Waals surface area contributed by atoms with E-state index < -0.39 is 0 Å². The normalized spacial score (nSPS) is 27.0. The summed E-state index contributed by atoms with van der Waals surface area (Å²) in [6, 6.07) is 6.59. The quantitative estimate of drug-likeness (QED) is 0.907. The van der Waals surface area contributed by atoms with Gasteiger partial charge in [-0.3, -0.25) is 0 Å². The molecule has 2 N–H and O–H groups in total. The summed E-state index contributed by atoms with van der Waals surface area (Å²) in [5, 5.41) is 1.24. The lowest BCUT2D eigenvalue weighted by Crippen LogP contribution is -2.46. The Morgan fingerprint density at radius 3 is 2.70 bits per heavy atom. The Labute approximate surface area is 132 Å². The van der Waals surface area contributed by atoms with Gasteiger partial charge in [-0.15, -0.1) is 0 Å². The molecule has 1 aromatic carbocycles. The van der Waals surface area contributed by atoms with Crippen LogP contribution in [0.3, 0.4) is 0 Å². The zero-order valence-corrected chi connectivity index (χ0v) is 13.8. The van der Waals surface area contributed by atoms with Crippen molar-refractivity contribution in [3.8, 4) is 0 Å². The highest BCUT2D eigenvalue weighted by atomic mass is 35.5. The minimum atomic E-state index is 0.0422. The maximum absolute atomic E-state index is 6.20. The van der Waals surface area contributed by atoms with Gasteiger partial charge >= 0.3 is 0 Å². The summed E-state index contributed by atoms with van der Waals surface area (Å²) in [5.41, 5.74) is 7.45. The summed E-state index contributed by atoms with van der Waals surface area (Å²) in [5.74, 6) is 0. The van der Waals surface area contributed by atoms with Gasteiger partial charge in [0.2, 0.25) is 0 Å². The molecular weight excluding hydrogens is 291 g/mol. The molecular formula is C16H24Cl2N2. The Morgan fingerprint density at radius 1 is 1.35 bits per heavy atom. The summed E-state index contributed by atoms with van der Waals surface area (Å²) >= 11 is 12.2. The molecule has 1 saturated carbocycles. The first-order chi connectivity index (χ1) is 9.52. The number of halogens is 2. The van der Waals surface area contributed by atoms with Gasteiger partial charge in [-0.2, -0.15) is 0 Å². The van der Waals surface area contributed by atoms with E-state index in [1.807, 2.05) is 12.1 Å². The van der Waals surface area contributed by atoms with Gasteiger partial charge < -0.3 is 10.6 Å². The van der Waals surface area contributed by atoms with Crippen LogP contribution in [0.5, 0.6) is 0 Å². The standard InChI is InChI=1S/C16H24Cl2N2/c1-3-20(2)13-5-4-8-16(10-13,11-19)12-6-7-14(17)15(18)9-12/h6-7,9,13H,3-5,8,10-11,19H2,1-2H3. The Balaban J connectivity index is 2.30. The number of rotatable bonds is 4. The van der Waals surface area contributed by atoms with E-state index in [1.54, 1.807) is 0 Å². The van der Waals surface area contributed by atoms with Gasteiger partial charge in [-0.1, -0.05) is 42.6 Å². The van der Waals surface area contributed by atoms with Crippen LogP contribution in [0.2, 0.25) is 10.0 Å². The molecule has 2 atom stereocenters. The van der Waals surface area contributed by atoms with Gasteiger partial charge in [-0.25, -0.2) is 0 Å². The average molecular weight is 315 g/mol. The molecule has 0 spiro atoms. The maximum Gasteiger partial charge on any atom is 0.0595 e. The molecule has 2 nitrogen and oxygen atoms in total. The molecule has 2 rings (SSSR count). The first kappa shape index (κ1) is 16.1. The molecule has 1 aromatic rings. The second-order valence-electron chi connectivity index (χ2n) is 5.94. The van der Waals surface area contributed by atoms with Gasteiger partial charge in [0.05, 0.1) is 10.0 Å². The Hall–Kier alpha value is -0.280. The molecule has 0 amide bonds. The topological polar surface area (TPSA) is 29.3 Å². The first-order valence-corrected chi connectivity index (χ1v) is 8.14. The van der Waals surface area contributed by atoms with Crippen LogP contribution in [-0.4, -0.2) is 31.1 Å². The van der Waals surface area contributed by atoms with E-state index in [9.17, 15) is 0 Å². The van der Waals surface area contributed by atoms with E-state index in [1.165, 1.54) is 18.4 Å². The molecule has 0 saturated heterocycles. The SMILES string of the molecule is CCN(C)C1CCCC(CN)(c2ccc(Cl)c(Cl)c2)C1. The molecule has 20 heavy (non-hydrogen) atoms. The van der Waals surface area contributed by atoms with Crippen molar-refractivity contribution in [1.29, 1.82) is 0 Å². The summed E-state index contributed by atoms with van der Waals surface area (Å²) in [6.07, 6.45) is 4.71. The number of hydrogen-bond acceptors (Lipinski definition) is 2. The fourth-order valence-corrected chi connectivity index (χ4v) is 3.66. The molecule has 1 aliphatic rings. The van der Waals surface area contributed by atoms with Crippen LogP contribution < -0.4 is 5.73 Å². The predicted molar refractivity (Wildman–Crippen MR) is 87.8 cm³/mol. The van der Waals surface area contributed by atoms with Crippen LogP contribution in [0.1, 0.15) is 38.2 Å². The van der Waals surface area contributed by atoms with E-state index in [4.69, 9.17) is 28.9 Å². The molecule has 1 fully saturated rings. The van der Waals surface area contributed by atoms with Gasteiger partial charge in [0, 0.05) is 18.0 Å². The third kappa shape index (κ3) is 3.14. The van der Waals surface area contributed by atoms with Crippen LogP contribution in [0.25, 0.3) is 0 Å². The van der Waals surface area contributed by atoms with Gasteiger partial charge in [-0.05, 0) is 50.6 Å². The van der Waals surface area contributed by atoms with Gasteiger partial charge in [0.15, 0.2) is 0 Å². The van der Waals surface area contributed by atoms with Crippen molar-refractivity contribution in [2.75, 3.05) is 20.1 Å². The second-order valence-corrected chi connectivity index (χ2v) is 6.75. The fourth-order valence-electron chi connectivity index (χ4n) is 3.36. The molecule has 0 bridgehead atoms. The van der Waals surface area contributed by atoms with E-state index in [0.717, 1.165) is 19.4 Å². The van der Waals surface area contributed by atoms with Crippen LogP contribution in [0.4, 0.5) is 0 Å². The van der Waals surface area contributed by atoms with Crippen molar-refractivity contribution in [3.63, 3.8) is 0 Å². The van der Waals surface area contributed by atoms with Crippen molar-refractivity contribution in [2.24, 2.45) is 5.73 Å². The highest BCUT2D eigenvalue weighted by Gasteiger charge is 2.38. The van der Waals surface area contributed by atoms with Crippen LogP contribution in [0.15, 0.2) is 18.2 Å². The zero-order chi connectivity index (χ0) is 14.8. The minimum absolute atomic E-state index is 0.0422. The fraction of sp³-hybridized carbons (Fsp3) is 0.625. The van der Waals surface area contributed by atoms with Crippen LogP contribution in [0, 0.1) is 0 Å². The van der Waals surface area contributed by atoms with E-state index >= 15 is 0 Å². The summed E-state index contributed by atoms with van der Waals surface area (Å²) in [6.45, 7) is 3.95. The lowest BCUT2D eigenvalue weighted by molar-refractivity contribution is 0.145. The summed E-state index contributed by atoms with van der Waals surface area (Å²) in [4.78, 5) is 2.43. The molecule has 1 aliphatic carbocycles. The Kier molecular flexibility index (Phi) is 5.36. The monoisotopic (exact) mass is 314 g/mol. The molecule has 4 heteroatoms. The minimum Gasteiger partial charge on any atom is -0.330 e. The average Bonchev–Trinajstić information content (AvgIpc) is 2.49. The largest absolute Gasteiger partial charge is 0.330 e. The highest BCUT2D eigenvalue weighted by Crippen LogP contribution is 2.41. The second kappa shape index (κ2) is 6.65. The third-order valence-electron chi connectivity index (χ3n) is 4.86. The third-order valence-corrected chi connectivity index (χ3v) is 5.60. The van der Waals surface area contributed by atoms with Crippen molar-refractivity contribution in [1.82, 2.24) is 4.90 Å². The zero-order valence-electron chi connectivity index (χ0n) is 12.3. The Bertz CT molecular complexity index is 464. The van der Waals surface area contributed by atoms with Crippen molar-refractivity contribution < 1.29 is 0 Å². The van der Waals surface area contributed by atoms with Crippen molar-refractivity contribution in [3.05, 3.63) is 33.8 Å². The lowest BCUT2D eigenvalue weighted by atomic mass is 9.67. The molecule has 0 aromatic heterocycles. The lowest BCUT2D eigenvalue weighted by Gasteiger charge is -2.43. The van der Waals surface area contributed by atoms with Gasteiger partial charge in [0.1, 0.15) is 0 Å². The number of nitrogens with zero attached hydrogens (tertiary/aromatic N) is 1. The molecule has 2 unspecified atom stereocenters. The number of hydrogen-bond donors (Lipinski definition) is 1.